The van der Waals surface area contributed by atoms with Crippen molar-refractivity contribution in [3.05, 3.63) is 17.8 Å². The molecule has 6 nitrogen and oxygen atoms in total. The number of aromatic carboxylic acids is 1. The number of carboxylic acids is 1. The monoisotopic (exact) mass is 248 g/mol. The molecule has 1 heterocycles. The number of rotatable bonds is 5. The topological polar surface area (TPSA) is 103 Å². The molecule has 0 aromatic carbocycles. The largest absolute Gasteiger partial charge is 0.477 e. The number of hydrogen-bond acceptors (Lipinski definition) is 5. The molecular weight excluding hydrogens is 232 g/mol. The van der Waals surface area contributed by atoms with Crippen LogP contribution in [0.1, 0.15) is 30.8 Å². The summed E-state index contributed by atoms with van der Waals surface area (Å²) in [6.07, 6.45) is 0.330. The molecule has 0 aliphatic carbocycles. The molecule has 6 heteroatoms. The molecule has 0 bridgehead atoms. The summed E-state index contributed by atoms with van der Waals surface area (Å²) in [5.74, 6) is -0.680. The summed E-state index contributed by atoms with van der Waals surface area (Å²) in [5, 5.41) is 17.6. The van der Waals surface area contributed by atoms with Crippen LogP contribution in [0.3, 0.4) is 0 Å². The summed E-state index contributed by atoms with van der Waals surface area (Å²) in [6.45, 7) is 4.34. The van der Waals surface area contributed by atoms with Gasteiger partial charge in [-0.15, -0.1) is 0 Å². The molecule has 0 amide bonds. The van der Waals surface area contributed by atoms with Gasteiger partial charge in [0.05, 0.1) is 18.2 Å². The minimum absolute atomic E-state index is 0.0539. The van der Waals surface area contributed by atoms with Gasteiger partial charge in [0.1, 0.15) is 0 Å². The molecule has 0 aliphatic heterocycles. The molecule has 1 aromatic heterocycles. The normalized spacial score (nSPS) is 10.1. The second-order valence-electron chi connectivity index (χ2n) is 4.11. The Bertz CT molecular complexity index is 479. The molecule has 18 heavy (non-hydrogen) atoms. The van der Waals surface area contributed by atoms with Gasteiger partial charge >= 0.3 is 5.97 Å². The number of nitriles is 1. The van der Waals surface area contributed by atoms with Gasteiger partial charge in [-0.05, 0) is 26.0 Å². The highest BCUT2D eigenvalue weighted by Gasteiger charge is 2.17. The van der Waals surface area contributed by atoms with Crippen LogP contribution in [0.25, 0.3) is 0 Å². The Morgan fingerprint density at radius 3 is 2.78 bits per heavy atom. The first-order valence-electron chi connectivity index (χ1n) is 5.60. The van der Waals surface area contributed by atoms with Crippen molar-refractivity contribution in [3.63, 3.8) is 0 Å². The van der Waals surface area contributed by atoms with Gasteiger partial charge in [0.2, 0.25) is 0 Å². The summed E-state index contributed by atoms with van der Waals surface area (Å²) in [5.41, 5.74) is 6.18. The number of hydrogen-bond donors (Lipinski definition) is 2. The highest BCUT2D eigenvalue weighted by molar-refractivity contribution is 5.87. The van der Waals surface area contributed by atoms with E-state index < -0.39 is 5.97 Å². The predicted molar refractivity (Wildman–Crippen MR) is 68.3 cm³/mol. The first-order valence-corrected chi connectivity index (χ1v) is 5.60. The maximum atomic E-state index is 10.9. The SMILES string of the molecule is CC(C)N(CCC#N)c1nc(C(=O)O)ccc1N. The van der Waals surface area contributed by atoms with Gasteiger partial charge in [0.25, 0.3) is 0 Å². The van der Waals surface area contributed by atoms with Crippen molar-refractivity contribution in [2.75, 3.05) is 17.2 Å². The molecule has 0 saturated carbocycles. The number of carbonyl (C=O) groups is 1. The van der Waals surface area contributed by atoms with Crippen LogP contribution in [-0.2, 0) is 0 Å². The third kappa shape index (κ3) is 3.10. The van der Waals surface area contributed by atoms with Gasteiger partial charge < -0.3 is 15.7 Å². The molecule has 0 atom stereocenters. The van der Waals surface area contributed by atoms with Crippen LogP contribution >= 0.6 is 0 Å². The fourth-order valence-corrected chi connectivity index (χ4v) is 1.59. The van der Waals surface area contributed by atoms with Crippen molar-refractivity contribution >= 4 is 17.5 Å². The summed E-state index contributed by atoms with van der Waals surface area (Å²) in [7, 11) is 0. The summed E-state index contributed by atoms with van der Waals surface area (Å²) >= 11 is 0. The zero-order valence-corrected chi connectivity index (χ0v) is 10.4. The van der Waals surface area contributed by atoms with E-state index in [1.165, 1.54) is 12.1 Å². The lowest BCUT2D eigenvalue weighted by Crippen LogP contribution is -2.33. The molecule has 96 valence electrons. The van der Waals surface area contributed by atoms with Gasteiger partial charge in [-0.2, -0.15) is 5.26 Å². The van der Waals surface area contributed by atoms with Gasteiger partial charge in [-0.1, -0.05) is 0 Å². The van der Waals surface area contributed by atoms with Crippen LogP contribution in [0.2, 0.25) is 0 Å². The van der Waals surface area contributed by atoms with E-state index in [-0.39, 0.29) is 11.7 Å². The summed E-state index contributed by atoms with van der Waals surface area (Å²) < 4.78 is 0. The zero-order chi connectivity index (χ0) is 13.7. The Kier molecular flexibility index (Phi) is 4.49. The summed E-state index contributed by atoms with van der Waals surface area (Å²) in [6, 6.07) is 5.02. The number of pyridine rings is 1. The lowest BCUT2D eigenvalue weighted by Gasteiger charge is -2.28. The van der Waals surface area contributed by atoms with Crippen LogP contribution in [0.4, 0.5) is 11.5 Å². The van der Waals surface area contributed by atoms with Crippen molar-refractivity contribution in [1.29, 1.82) is 5.26 Å². The lowest BCUT2D eigenvalue weighted by atomic mass is 10.2. The Morgan fingerprint density at radius 2 is 2.28 bits per heavy atom. The maximum absolute atomic E-state index is 10.9. The van der Waals surface area contributed by atoms with Gasteiger partial charge in [0.15, 0.2) is 11.5 Å². The molecular formula is C12H16N4O2. The molecule has 0 saturated heterocycles. The quantitative estimate of drug-likeness (QED) is 0.818. The highest BCUT2D eigenvalue weighted by Crippen LogP contribution is 2.23. The van der Waals surface area contributed by atoms with Crippen LogP contribution in [0.15, 0.2) is 12.1 Å². The Labute approximate surface area is 106 Å². The molecule has 0 fully saturated rings. The van der Waals surface area contributed by atoms with Crippen molar-refractivity contribution in [3.8, 4) is 6.07 Å². The van der Waals surface area contributed by atoms with Gasteiger partial charge in [-0.3, -0.25) is 0 Å². The second kappa shape index (κ2) is 5.87. The third-order valence-corrected chi connectivity index (χ3v) is 2.48. The Balaban J connectivity index is 3.14. The zero-order valence-electron chi connectivity index (χ0n) is 10.4. The number of aromatic nitrogens is 1. The van der Waals surface area contributed by atoms with E-state index in [4.69, 9.17) is 16.1 Å². The van der Waals surface area contributed by atoms with Gasteiger partial charge in [-0.25, -0.2) is 9.78 Å². The predicted octanol–water partition coefficient (Wildman–Crippen LogP) is 1.49. The molecule has 0 unspecified atom stereocenters. The number of anilines is 2. The van der Waals surface area contributed by atoms with E-state index in [1.54, 1.807) is 0 Å². The highest BCUT2D eigenvalue weighted by atomic mass is 16.4. The van der Waals surface area contributed by atoms with Crippen LogP contribution < -0.4 is 10.6 Å². The number of carboxylic acid groups (broad SMARTS) is 1. The van der Waals surface area contributed by atoms with Crippen molar-refractivity contribution in [2.45, 2.75) is 26.3 Å². The van der Waals surface area contributed by atoms with E-state index in [0.29, 0.717) is 24.5 Å². The van der Waals surface area contributed by atoms with E-state index in [9.17, 15) is 4.79 Å². The first-order chi connectivity index (χ1) is 8.47. The number of nitrogen functional groups attached to an aromatic ring is 1. The number of nitrogens with zero attached hydrogens (tertiary/aromatic N) is 3. The second-order valence-corrected chi connectivity index (χ2v) is 4.11. The first kappa shape index (κ1) is 13.8. The summed E-state index contributed by atoms with van der Waals surface area (Å²) in [4.78, 5) is 16.8. The van der Waals surface area contributed by atoms with Crippen molar-refractivity contribution < 1.29 is 9.90 Å². The van der Waals surface area contributed by atoms with E-state index >= 15 is 0 Å². The minimum Gasteiger partial charge on any atom is -0.477 e. The molecule has 1 aromatic rings. The number of nitrogens with two attached hydrogens (primary N) is 1. The van der Waals surface area contributed by atoms with E-state index in [2.05, 4.69) is 11.1 Å². The van der Waals surface area contributed by atoms with E-state index in [1.807, 2.05) is 18.7 Å². The van der Waals surface area contributed by atoms with Crippen LogP contribution in [-0.4, -0.2) is 28.6 Å². The Morgan fingerprint density at radius 1 is 1.61 bits per heavy atom. The molecule has 0 radical (unpaired) electrons. The molecule has 1 rings (SSSR count). The van der Waals surface area contributed by atoms with Crippen LogP contribution in [0.5, 0.6) is 0 Å². The average Bonchev–Trinajstić information content (AvgIpc) is 2.31. The minimum atomic E-state index is -1.10. The smallest absolute Gasteiger partial charge is 0.354 e. The third-order valence-electron chi connectivity index (χ3n) is 2.48. The molecule has 0 aliphatic rings. The van der Waals surface area contributed by atoms with Crippen LogP contribution in [0, 0.1) is 11.3 Å². The lowest BCUT2D eigenvalue weighted by molar-refractivity contribution is 0.0690. The van der Waals surface area contributed by atoms with Gasteiger partial charge in [0, 0.05) is 12.6 Å². The molecule has 3 N–H and O–H groups in total. The fraction of sp³-hybridized carbons (Fsp3) is 0.417. The standard InChI is InChI=1S/C12H16N4O2/c1-8(2)16(7-3-6-13)11-9(14)4-5-10(15-11)12(17)18/h4-5,8H,3,7,14H2,1-2H3,(H,17,18). The van der Waals surface area contributed by atoms with Crippen molar-refractivity contribution in [2.24, 2.45) is 0 Å². The average molecular weight is 248 g/mol. The maximum Gasteiger partial charge on any atom is 0.354 e. The van der Waals surface area contributed by atoms with E-state index in [0.717, 1.165) is 0 Å². The van der Waals surface area contributed by atoms with Crippen molar-refractivity contribution in [1.82, 2.24) is 4.98 Å². The molecule has 0 spiro atoms. The Hall–Kier alpha value is -2.29. The fourth-order valence-electron chi connectivity index (χ4n) is 1.59.